The Morgan fingerprint density at radius 1 is 1.21 bits per heavy atom. The normalized spacial score (nSPS) is 14.9. The van der Waals surface area contributed by atoms with Crippen molar-refractivity contribution < 1.29 is 18.7 Å². The van der Waals surface area contributed by atoms with Crippen molar-refractivity contribution in [1.29, 1.82) is 5.26 Å². The van der Waals surface area contributed by atoms with E-state index >= 15 is 0 Å². The summed E-state index contributed by atoms with van der Waals surface area (Å²) in [5, 5.41) is 23.6. The van der Waals surface area contributed by atoms with E-state index in [4.69, 9.17) is 5.26 Å². The first-order valence-electron chi connectivity index (χ1n) is 8.63. The number of hydrogen-bond acceptors (Lipinski definition) is 5. The molecule has 3 N–H and O–H groups in total. The molecule has 0 saturated heterocycles. The van der Waals surface area contributed by atoms with Gasteiger partial charge in [0.05, 0.1) is 23.9 Å². The summed E-state index contributed by atoms with van der Waals surface area (Å²) in [4.78, 5) is 11.9. The number of aryl methyl sites for hydroxylation is 1. The van der Waals surface area contributed by atoms with Crippen molar-refractivity contribution in [2.24, 2.45) is 0 Å². The molecular weight excluding hydrogens is 397 g/mol. The van der Waals surface area contributed by atoms with Crippen LogP contribution in [-0.4, -0.2) is 26.2 Å². The number of nitrogens with one attached hydrogen (secondary N) is 1. The molecule has 2 atom stereocenters. The van der Waals surface area contributed by atoms with Gasteiger partial charge in [0.25, 0.3) is 11.3 Å². The molecular formula is C19H20N3O4PS. The standard InChI is InChI=1S/C19H20N3O4PS/c20-8-15-5-12(1-4-18(15)27)9-21-10-13-6-14-2-3-16(23)11-22(28(25)26)19(14)17(24)7-13/h1,4-7,21,24H,2-3,9-11,27H2,(H,25,26). The summed E-state index contributed by atoms with van der Waals surface area (Å²) >= 11 is -2.39. The van der Waals surface area contributed by atoms with Gasteiger partial charge in [0.1, 0.15) is 5.75 Å². The van der Waals surface area contributed by atoms with E-state index < -0.39 is 11.3 Å². The number of nitrogens with zero attached hydrogens (tertiary/aromatic N) is 2. The first-order valence-corrected chi connectivity index (χ1v) is 10.3. The average Bonchev–Trinajstić information content (AvgIpc) is 2.82. The zero-order valence-corrected chi connectivity index (χ0v) is 17.0. The fourth-order valence-electron chi connectivity index (χ4n) is 3.21. The first-order chi connectivity index (χ1) is 13.4. The van der Waals surface area contributed by atoms with Gasteiger partial charge < -0.3 is 10.4 Å². The highest BCUT2D eigenvalue weighted by atomic mass is 32.2. The van der Waals surface area contributed by atoms with Gasteiger partial charge in [0.2, 0.25) is 0 Å². The Balaban J connectivity index is 1.76. The van der Waals surface area contributed by atoms with E-state index in [-0.39, 0.29) is 30.2 Å². The molecule has 0 bridgehead atoms. The van der Waals surface area contributed by atoms with Crippen molar-refractivity contribution >= 4 is 37.3 Å². The molecule has 7 nitrogen and oxygen atoms in total. The van der Waals surface area contributed by atoms with Crippen molar-refractivity contribution in [1.82, 2.24) is 5.32 Å². The van der Waals surface area contributed by atoms with Crippen LogP contribution in [0, 0.1) is 11.3 Å². The number of Topliss-reactive ketones (excluding diaryl/α,β-unsaturated/α-hetero) is 1. The molecule has 2 aromatic carbocycles. The third-order valence-corrected chi connectivity index (χ3v) is 5.75. The van der Waals surface area contributed by atoms with Crippen molar-refractivity contribution in [2.75, 3.05) is 10.8 Å². The van der Waals surface area contributed by atoms with Gasteiger partial charge in [-0.05, 0) is 40.5 Å². The van der Waals surface area contributed by atoms with Gasteiger partial charge >= 0.3 is 0 Å². The number of benzene rings is 2. The minimum atomic E-state index is -2.39. The third kappa shape index (κ3) is 4.57. The lowest BCUT2D eigenvalue weighted by molar-refractivity contribution is -0.117. The maximum atomic E-state index is 11.9. The van der Waals surface area contributed by atoms with Crippen LogP contribution in [0.4, 0.5) is 5.69 Å². The summed E-state index contributed by atoms with van der Waals surface area (Å²) < 4.78 is 22.1. The summed E-state index contributed by atoms with van der Waals surface area (Å²) in [5.41, 5.74) is 3.29. The average molecular weight is 417 g/mol. The van der Waals surface area contributed by atoms with Crippen LogP contribution in [0.15, 0.2) is 30.3 Å². The molecule has 3 rings (SSSR count). The largest absolute Gasteiger partial charge is 0.506 e. The van der Waals surface area contributed by atoms with Crippen LogP contribution in [0.5, 0.6) is 5.75 Å². The van der Waals surface area contributed by atoms with Gasteiger partial charge in [-0.2, -0.15) is 5.26 Å². The van der Waals surface area contributed by atoms with Crippen LogP contribution in [0.25, 0.3) is 0 Å². The van der Waals surface area contributed by atoms with Gasteiger partial charge in [-0.15, -0.1) is 9.24 Å². The minimum absolute atomic E-state index is 0.120. The topological polar surface area (TPSA) is 114 Å². The van der Waals surface area contributed by atoms with E-state index in [1.165, 1.54) is 6.07 Å². The number of rotatable bonds is 5. The number of hydrogen-bond donors (Lipinski definition) is 3. The molecule has 0 spiro atoms. The van der Waals surface area contributed by atoms with E-state index in [2.05, 4.69) is 20.6 Å². The fraction of sp³-hybridized carbons (Fsp3) is 0.263. The fourth-order valence-corrected chi connectivity index (χ4v) is 4.08. The molecule has 1 aliphatic heterocycles. The van der Waals surface area contributed by atoms with Crippen LogP contribution in [0.2, 0.25) is 0 Å². The monoisotopic (exact) mass is 417 g/mol. The highest BCUT2D eigenvalue weighted by Gasteiger charge is 2.26. The molecule has 0 aliphatic carbocycles. The second kappa shape index (κ2) is 8.80. The smallest absolute Gasteiger partial charge is 0.262 e. The number of carbonyl (C=O) groups excluding carboxylic acids is 1. The predicted octanol–water partition coefficient (Wildman–Crippen LogP) is 1.51. The summed E-state index contributed by atoms with van der Waals surface area (Å²) in [6.07, 6.45) is 0.666. The van der Waals surface area contributed by atoms with Gasteiger partial charge in [0.15, 0.2) is 5.78 Å². The molecule has 2 unspecified atom stereocenters. The molecule has 0 amide bonds. The second-order valence-electron chi connectivity index (χ2n) is 6.57. The predicted molar refractivity (Wildman–Crippen MR) is 111 cm³/mol. The second-order valence-corrected chi connectivity index (χ2v) is 8.09. The van der Waals surface area contributed by atoms with E-state index in [1.54, 1.807) is 0 Å². The lowest BCUT2D eigenvalue weighted by Crippen LogP contribution is -2.30. The number of anilines is 1. The molecule has 0 fully saturated rings. The number of ketones is 1. The molecule has 0 radical (unpaired) electrons. The summed E-state index contributed by atoms with van der Waals surface area (Å²) in [5.74, 6) is -0.269. The lowest BCUT2D eigenvalue weighted by Gasteiger charge is -2.21. The SMILES string of the molecule is N#Cc1cc(CNCc2cc(O)c3c(c2)CCC(=O)CN3S(=O)O)ccc1P. The Morgan fingerprint density at radius 2 is 1.96 bits per heavy atom. The van der Waals surface area contributed by atoms with Crippen molar-refractivity contribution in [3.05, 3.63) is 52.6 Å². The Hall–Kier alpha value is -2.30. The number of phenols is 1. The number of carbonyl (C=O) groups is 1. The van der Waals surface area contributed by atoms with Gasteiger partial charge in [-0.1, -0.05) is 18.2 Å². The van der Waals surface area contributed by atoms with E-state index in [1.807, 2.05) is 24.3 Å². The number of aromatic hydroxyl groups is 1. The zero-order chi connectivity index (χ0) is 20.3. The minimum Gasteiger partial charge on any atom is -0.506 e. The number of fused-ring (bicyclic) bond motifs is 1. The van der Waals surface area contributed by atoms with Gasteiger partial charge in [-0.25, -0.2) is 4.21 Å². The van der Waals surface area contributed by atoms with E-state index in [9.17, 15) is 18.7 Å². The molecule has 1 heterocycles. The summed E-state index contributed by atoms with van der Waals surface area (Å²) in [6, 6.07) is 11.2. The highest BCUT2D eigenvalue weighted by molar-refractivity contribution is 7.80. The Bertz CT molecular complexity index is 990. The number of phenolic OH excluding ortho intramolecular Hbond substituents is 1. The Morgan fingerprint density at radius 3 is 2.68 bits per heavy atom. The molecule has 28 heavy (non-hydrogen) atoms. The summed E-state index contributed by atoms with van der Waals surface area (Å²) in [7, 11) is 2.53. The maximum Gasteiger partial charge on any atom is 0.262 e. The van der Waals surface area contributed by atoms with Crippen molar-refractivity contribution in [2.45, 2.75) is 25.9 Å². The highest BCUT2D eigenvalue weighted by Crippen LogP contribution is 2.36. The van der Waals surface area contributed by atoms with E-state index in [0.717, 1.165) is 20.7 Å². The maximum absolute atomic E-state index is 11.9. The van der Waals surface area contributed by atoms with Crippen LogP contribution >= 0.6 is 9.24 Å². The third-order valence-electron chi connectivity index (χ3n) is 4.56. The lowest BCUT2D eigenvalue weighted by atomic mass is 10.0. The molecule has 2 aromatic rings. The quantitative estimate of drug-likeness (QED) is 0.502. The molecule has 0 aromatic heterocycles. The Kier molecular flexibility index (Phi) is 6.42. The van der Waals surface area contributed by atoms with Crippen molar-refractivity contribution in [3.8, 4) is 11.8 Å². The first kappa shape index (κ1) is 20.4. The van der Waals surface area contributed by atoms with Crippen LogP contribution in [-0.2, 0) is 35.6 Å². The van der Waals surface area contributed by atoms with E-state index in [0.29, 0.717) is 30.6 Å². The summed E-state index contributed by atoms with van der Waals surface area (Å²) in [6.45, 7) is 0.804. The molecule has 1 aliphatic rings. The van der Waals surface area contributed by atoms with Crippen molar-refractivity contribution in [3.63, 3.8) is 0 Å². The van der Waals surface area contributed by atoms with Crippen LogP contribution in [0.3, 0.4) is 0 Å². The zero-order valence-electron chi connectivity index (χ0n) is 15.0. The number of nitriles is 1. The molecule has 0 saturated carbocycles. The van der Waals surface area contributed by atoms with Gasteiger partial charge in [0, 0.05) is 19.5 Å². The molecule has 146 valence electrons. The van der Waals surface area contributed by atoms with Gasteiger partial charge in [-0.3, -0.25) is 13.7 Å². The van der Waals surface area contributed by atoms with Crippen LogP contribution < -0.4 is 14.9 Å². The molecule has 9 heteroatoms. The Labute approximate surface area is 168 Å². The van der Waals surface area contributed by atoms with Crippen LogP contribution in [0.1, 0.15) is 28.7 Å².